The molecule has 2 aromatic carbocycles. The molecule has 0 saturated carbocycles. The highest BCUT2D eigenvalue weighted by atomic mass is 16.5. The number of nitrogens with zero attached hydrogens (tertiary/aromatic N) is 3. The molecule has 0 spiro atoms. The van der Waals surface area contributed by atoms with Crippen molar-refractivity contribution in [3.8, 4) is 11.3 Å². The van der Waals surface area contributed by atoms with Gasteiger partial charge in [-0.2, -0.15) is 0 Å². The second kappa shape index (κ2) is 6.22. The van der Waals surface area contributed by atoms with E-state index >= 15 is 0 Å². The topological polar surface area (TPSA) is 57.0 Å². The zero-order chi connectivity index (χ0) is 15.4. The largest absolute Gasteiger partial charge is 0.465 e. The van der Waals surface area contributed by atoms with E-state index < -0.39 is 0 Å². The standard InChI is InChI=1S/C17H15N3O2/c1-22-17(21)15-9-5-6-13(10-15)11-20-12-16(18-19-20)14-7-3-2-4-8-14/h2-10,12H,11H2,1H3. The van der Waals surface area contributed by atoms with Crippen molar-refractivity contribution in [3.05, 3.63) is 71.9 Å². The number of carbonyl (C=O) groups excluding carboxylic acids is 1. The van der Waals surface area contributed by atoms with E-state index in [4.69, 9.17) is 4.74 Å². The normalized spacial score (nSPS) is 10.4. The first-order chi connectivity index (χ1) is 10.8. The molecule has 0 aliphatic carbocycles. The van der Waals surface area contributed by atoms with Crippen molar-refractivity contribution in [2.75, 3.05) is 7.11 Å². The van der Waals surface area contributed by atoms with Gasteiger partial charge in [0.15, 0.2) is 0 Å². The third-order valence-corrected chi connectivity index (χ3v) is 3.30. The van der Waals surface area contributed by atoms with Gasteiger partial charge in [-0.1, -0.05) is 47.7 Å². The summed E-state index contributed by atoms with van der Waals surface area (Å²) in [5.74, 6) is -0.342. The first-order valence-electron chi connectivity index (χ1n) is 6.89. The fraction of sp³-hybridized carbons (Fsp3) is 0.118. The van der Waals surface area contributed by atoms with E-state index in [-0.39, 0.29) is 5.97 Å². The van der Waals surface area contributed by atoms with Crippen LogP contribution in [0, 0.1) is 0 Å². The number of hydrogen-bond acceptors (Lipinski definition) is 4. The monoisotopic (exact) mass is 293 g/mol. The highest BCUT2D eigenvalue weighted by molar-refractivity contribution is 5.89. The molecule has 0 radical (unpaired) electrons. The lowest BCUT2D eigenvalue weighted by Crippen LogP contribution is -2.04. The number of ether oxygens (including phenoxy) is 1. The molecule has 3 aromatic rings. The Labute approximate surface area is 128 Å². The molecule has 0 aliphatic rings. The van der Waals surface area contributed by atoms with E-state index in [9.17, 15) is 4.79 Å². The minimum absolute atomic E-state index is 0.342. The fourth-order valence-corrected chi connectivity index (χ4v) is 2.22. The molecule has 0 aliphatic heterocycles. The van der Waals surface area contributed by atoms with E-state index in [2.05, 4.69) is 10.3 Å². The van der Waals surface area contributed by atoms with Gasteiger partial charge in [0.2, 0.25) is 0 Å². The van der Waals surface area contributed by atoms with Crippen LogP contribution in [0.3, 0.4) is 0 Å². The second-order valence-corrected chi connectivity index (χ2v) is 4.86. The van der Waals surface area contributed by atoms with Gasteiger partial charge in [0.25, 0.3) is 0 Å². The zero-order valence-electron chi connectivity index (χ0n) is 12.1. The van der Waals surface area contributed by atoms with E-state index in [1.165, 1.54) is 7.11 Å². The minimum atomic E-state index is -0.342. The van der Waals surface area contributed by atoms with Crippen LogP contribution in [-0.4, -0.2) is 28.1 Å². The molecule has 0 fully saturated rings. The molecular formula is C17H15N3O2. The third kappa shape index (κ3) is 3.03. The Bertz CT molecular complexity index is 781. The molecule has 1 aromatic heterocycles. The summed E-state index contributed by atoms with van der Waals surface area (Å²) in [6.07, 6.45) is 1.89. The van der Waals surface area contributed by atoms with E-state index in [1.54, 1.807) is 16.8 Å². The number of benzene rings is 2. The van der Waals surface area contributed by atoms with Crippen LogP contribution in [0.15, 0.2) is 60.8 Å². The number of esters is 1. The molecule has 1 heterocycles. The van der Waals surface area contributed by atoms with Crippen molar-refractivity contribution in [2.45, 2.75) is 6.54 Å². The van der Waals surface area contributed by atoms with Gasteiger partial charge in [0.05, 0.1) is 25.4 Å². The maximum absolute atomic E-state index is 11.6. The zero-order valence-corrected chi connectivity index (χ0v) is 12.1. The number of carbonyl (C=O) groups is 1. The van der Waals surface area contributed by atoms with E-state index in [0.29, 0.717) is 12.1 Å². The van der Waals surface area contributed by atoms with E-state index in [1.807, 2.05) is 48.7 Å². The van der Waals surface area contributed by atoms with Crippen LogP contribution in [0.4, 0.5) is 0 Å². The third-order valence-electron chi connectivity index (χ3n) is 3.30. The quantitative estimate of drug-likeness (QED) is 0.694. The van der Waals surface area contributed by atoms with Gasteiger partial charge < -0.3 is 4.74 Å². The lowest BCUT2D eigenvalue weighted by molar-refractivity contribution is 0.0600. The van der Waals surface area contributed by atoms with Crippen LogP contribution in [0.2, 0.25) is 0 Å². The lowest BCUT2D eigenvalue weighted by atomic mass is 10.1. The second-order valence-electron chi connectivity index (χ2n) is 4.86. The van der Waals surface area contributed by atoms with Crippen molar-refractivity contribution in [2.24, 2.45) is 0 Å². The highest BCUT2D eigenvalue weighted by Gasteiger charge is 2.07. The Hall–Kier alpha value is -2.95. The van der Waals surface area contributed by atoms with Gasteiger partial charge in [0, 0.05) is 5.56 Å². The molecule has 0 unspecified atom stereocenters. The maximum Gasteiger partial charge on any atom is 0.337 e. The van der Waals surface area contributed by atoms with Crippen LogP contribution in [0.1, 0.15) is 15.9 Å². The van der Waals surface area contributed by atoms with Gasteiger partial charge >= 0.3 is 5.97 Å². The molecule has 22 heavy (non-hydrogen) atoms. The first-order valence-corrected chi connectivity index (χ1v) is 6.89. The molecule has 0 amide bonds. The van der Waals surface area contributed by atoms with E-state index in [0.717, 1.165) is 16.8 Å². The molecule has 0 bridgehead atoms. The molecule has 0 N–H and O–H groups in total. The predicted molar refractivity (Wildman–Crippen MR) is 82.3 cm³/mol. The Kier molecular flexibility index (Phi) is 3.96. The van der Waals surface area contributed by atoms with Crippen LogP contribution < -0.4 is 0 Å². The SMILES string of the molecule is COC(=O)c1cccc(Cn2cc(-c3ccccc3)nn2)c1. The number of rotatable bonds is 4. The van der Waals surface area contributed by atoms with Gasteiger partial charge in [-0.05, 0) is 17.7 Å². The van der Waals surface area contributed by atoms with Crippen molar-refractivity contribution >= 4 is 5.97 Å². The highest BCUT2D eigenvalue weighted by Crippen LogP contribution is 2.15. The fourth-order valence-electron chi connectivity index (χ4n) is 2.22. The van der Waals surface area contributed by atoms with Crippen molar-refractivity contribution < 1.29 is 9.53 Å². The van der Waals surface area contributed by atoms with Crippen LogP contribution >= 0.6 is 0 Å². The van der Waals surface area contributed by atoms with Crippen LogP contribution in [-0.2, 0) is 11.3 Å². The maximum atomic E-state index is 11.6. The minimum Gasteiger partial charge on any atom is -0.465 e. The molecule has 5 nitrogen and oxygen atoms in total. The average molecular weight is 293 g/mol. The van der Waals surface area contributed by atoms with Crippen molar-refractivity contribution in [1.82, 2.24) is 15.0 Å². The smallest absolute Gasteiger partial charge is 0.337 e. The summed E-state index contributed by atoms with van der Waals surface area (Å²) in [5, 5.41) is 8.31. The molecule has 110 valence electrons. The van der Waals surface area contributed by atoms with Crippen LogP contribution in [0.5, 0.6) is 0 Å². The lowest BCUT2D eigenvalue weighted by Gasteiger charge is -2.03. The average Bonchev–Trinajstić information content (AvgIpc) is 3.03. The summed E-state index contributed by atoms with van der Waals surface area (Å²) in [7, 11) is 1.37. The molecule has 0 atom stereocenters. The molecule has 5 heteroatoms. The Morgan fingerprint density at radius 1 is 1.14 bits per heavy atom. The summed E-state index contributed by atoms with van der Waals surface area (Å²) in [4.78, 5) is 11.6. The summed E-state index contributed by atoms with van der Waals surface area (Å²) in [5.41, 5.74) is 3.34. The summed E-state index contributed by atoms with van der Waals surface area (Å²) >= 11 is 0. The first kappa shape index (κ1) is 14.0. The van der Waals surface area contributed by atoms with Gasteiger partial charge in [-0.25, -0.2) is 9.48 Å². The van der Waals surface area contributed by atoms with Crippen molar-refractivity contribution in [3.63, 3.8) is 0 Å². The van der Waals surface area contributed by atoms with Crippen molar-refractivity contribution in [1.29, 1.82) is 0 Å². The Balaban J connectivity index is 1.80. The summed E-state index contributed by atoms with van der Waals surface area (Å²) < 4.78 is 6.48. The molecule has 0 saturated heterocycles. The Morgan fingerprint density at radius 2 is 1.95 bits per heavy atom. The van der Waals surface area contributed by atoms with Gasteiger partial charge in [-0.15, -0.1) is 5.10 Å². The number of methoxy groups -OCH3 is 1. The summed E-state index contributed by atoms with van der Waals surface area (Å²) in [6, 6.07) is 17.2. The Morgan fingerprint density at radius 3 is 2.73 bits per heavy atom. The molecular weight excluding hydrogens is 278 g/mol. The number of hydrogen-bond donors (Lipinski definition) is 0. The number of aromatic nitrogens is 3. The molecule has 3 rings (SSSR count). The van der Waals surface area contributed by atoms with Crippen LogP contribution in [0.25, 0.3) is 11.3 Å². The van der Waals surface area contributed by atoms with Gasteiger partial charge in [0.1, 0.15) is 5.69 Å². The predicted octanol–water partition coefficient (Wildman–Crippen LogP) is 2.78. The van der Waals surface area contributed by atoms with Gasteiger partial charge in [-0.3, -0.25) is 0 Å². The summed E-state index contributed by atoms with van der Waals surface area (Å²) in [6.45, 7) is 0.546.